The summed E-state index contributed by atoms with van der Waals surface area (Å²) in [6, 6.07) is 6.93. The van der Waals surface area contributed by atoms with E-state index in [1.807, 2.05) is 16.7 Å². The molecule has 2 aliphatic heterocycles. The Hall–Kier alpha value is -2.67. The third-order valence-corrected chi connectivity index (χ3v) is 6.14. The molecule has 0 saturated carbocycles. The van der Waals surface area contributed by atoms with Gasteiger partial charge >= 0.3 is 0 Å². The van der Waals surface area contributed by atoms with E-state index in [0.29, 0.717) is 41.0 Å². The number of aryl methyl sites for hydroxylation is 1. The monoisotopic (exact) mass is 442 g/mol. The zero-order valence-corrected chi connectivity index (χ0v) is 18.5. The van der Waals surface area contributed by atoms with E-state index in [2.05, 4.69) is 9.97 Å². The third kappa shape index (κ3) is 4.98. The fraction of sp³-hybridized carbons (Fsp3) is 0.478. The maximum atomic E-state index is 12.8. The van der Waals surface area contributed by atoms with Crippen molar-refractivity contribution in [3.63, 3.8) is 0 Å². The Morgan fingerprint density at radius 2 is 1.87 bits per heavy atom. The van der Waals surface area contributed by atoms with E-state index in [1.54, 1.807) is 30.5 Å². The van der Waals surface area contributed by atoms with E-state index in [4.69, 9.17) is 16.3 Å². The van der Waals surface area contributed by atoms with Crippen LogP contribution in [0.25, 0.3) is 0 Å². The number of rotatable bonds is 6. The second kappa shape index (κ2) is 9.64. The van der Waals surface area contributed by atoms with Crippen LogP contribution in [-0.2, 0) is 4.79 Å². The summed E-state index contributed by atoms with van der Waals surface area (Å²) in [4.78, 5) is 38.3. The molecule has 0 unspecified atom stereocenters. The van der Waals surface area contributed by atoms with Crippen molar-refractivity contribution in [3.05, 3.63) is 52.6 Å². The summed E-state index contributed by atoms with van der Waals surface area (Å²) < 4.78 is 5.66. The predicted octanol–water partition coefficient (Wildman–Crippen LogP) is 3.81. The minimum absolute atomic E-state index is 0.000234. The van der Waals surface area contributed by atoms with Crippen LogP contribution in [0.5, 0.6) is 5.75 Å². The van der Waals surface area contributed by atoms with Gasteiger partial charge < -0.3 is 14.5 Å². The van der Waals surface area contributed by atoms with Gasteiger partial charge in [-0.25, -0.2) is 9.97 Å². The molecule has 4 rings (SSSR count). The molecule has 1 aromatic carbocycles. The lowest BCUT2D eigenvalue weighted by molar-refractivity contribution is -0.132. The summed E-state index contributed by atoms with van der Waals surface area (Å²) in [7, 11) is 0. The smallest absolute Gasteiger partial charge is 0.257 e. The van der Waals surface area contributed by atoms with E-state index in [-0.39, 0.29) is 24.3 Å². The molecule has 1 aromatic heterocycles. The number of halogens is 1. The first-order valence-corrected chi connectivity index (χ1v) is 11.2. The lowest BCUT2D eigenvalue weighted by Gasteiger charge is -2.24. The van der Waals surface area contributed by atoms with Crippen LogP contribution in [0, 0.1) is 6.92 Å². The first kappa shape index (κ1) is 21.6. The number of amides is 2. The van der Waals surface area contributed by atoms with E-state index in [1.165, 1.54) is 0 Å². The number of carbonyl (C=O) groups is 2. The third-order valence-electron chi connectivity index (χ3n) is 5.89. The van der Waals surface area contributed by atoms with Gasteiger partial charge in [-0.1, -0.05) is 11.6 Å². The molecule has 0 N–H and O–H groups in total. The molecule has 31 heavy (non-hydrogen) atoms. The highest BCUT2D eigenvalue weighted by molar-refractivity contribution is 6.30. The molecule has 164 valence electrons. The molecule has 2 saturated heterocycles. The molecule has 0 bridgehead atoms. The van der Waals surface area contributed by atoms with Crippen LogP contribution in [0.1, 0.15) is 60.0 Å². The molecular weight excluding hydrogens is 416 g/mol. The van der Waals surface area contributed by atoms with E-state index in [9.17, 15) is 9.59 Å². The van der Waals surface area contributed by atoms with Crippen molar-refractivity contribution in [2.75, 3.05) is 26.2 Å². The van der Waals surface area contributed by atoms with Crippen molar-refractivity contribution in [1.29, 1.82) is 0 Å². The number of ether oxygens (including phenoxy) is 1. The van der Waals surface area contributed by atoms with Gasteiger partial charge in [0, 0.05) is 30.9 Å². The normalized spacial score (nSPS) is 18.5. The average Bonchev–Trinajstić information content (AvgIpc) is 3.47. The second-order valence-electron chi connectivity index (χ2n) is 8.02. The first-order chi connectivity index (χ1) is 15.0. The number of benzene rings is 1. The minimum atomic E-state index is -0.155. The molecule has 0 radical (unpaired) electrons. The fourth-order valence-corrected chi connectivity index (χ4v) is 4.34. The van der Waals surface area contributed by atoms with E-state index < -0.39 is 0 Å². The maximum Gasteiger partial charge on any atom is 0.257 e. The van der Waals surface area contributed by atoms with E-state index >= 15 is 0 Å². The van der Waals surface area contributed by atoms with Crippen molar-refractivity contribution in [3.8, 4) is 5.75 Å². The molecule has 7 nitrogen and oxygen atoms in total. The maximum absolute atomic E-state index is 12.8. The largest absolute Gasteiger partial charge is 0.493 e. The summed E-state index contributed by atoms with van der Waals surface area (Å²) in [5.74, 6) is 1.32. The highest BCUT2D eigenvalue weighted by atomic mass is 35.5. The van der Waals surface area contributed by atoms with Crippen molar-refractivity contribution >= 4 is 23.4 Å². The Balaban J connectivity index is 1.38. The number of nitrogens with zero attached hydrogens (tertiary/aromatic N) is 4. The van der Waals surface area contributed by atoms with Gasteiger partial charge in [0.05, 0.1) is 30.3 Å². The van der Waals surface area contributed by atoms with Gasteiger partial charge in [-0.05, 0) is 56.9 Å². The van der Waals surface area contributed by atoms with Crippen LogP contribution in [-0.4, -0.2) is 57.8 Å². The van der Waals surface area contributed by atoms with Crippen LogP contribution in [0.15, 0.2) is 30.5 Å². The molecule has 2 amide bonds. The number of carbonyl (C=O) groups excluding carboxylic acids is 2. The summed E-state index contributed by atoms with van der Waals surface area (Å²) in [5, 5.41) is 0.645. The number of likely N-dealkylation sites (tertiary alicyclic amines) is 2. The average molecular weight is 443 g/mol. The molecule has 1 atom stereocenters. The first-order valence-electron chi connectivity index (χ1n) is 10.8. The molecule has 8 heteroatoms. The van der Waals surface area contributed by atoms with Crippen molar-refractivity contribution in [2.45, 2.75) is 45.1 Å². The minimum Gasteiger partial charge on any atom is -0.493 e. The Labute approximate surface area is 187 Å². The predicted molar refractivity (Wildman–Crippen MR) is 117 cm³/mol. The SMILES string of the molecule is Cc1nc([C@H]2CCCN2C(=O)CCOc2ccc(Cl)cc2)ncc1C(=O)N1CCCC1. The van der Waals surface area contributed by atoms with Crippen LogP contribution in [0.4, 0.5) is 0 Å². The molecular formula is C23H27ClN4O3. The number of hydrogen-bond donors (Lipinski definition) is 0. The summed E-state index contributed by atoms with van der Waals surface area (Å²) in [6.45, 7) is 4.41. The zero-order valence-electron chi connectivity index (χ0n) is 17.7. The number of aromatic nitrogens is 2. The number of hydrogen-bond acceptors (Lipinski definition) is 5. The summed E-state index contributed by atoms with van der Waals surface area (Å²) >= 11 is 5.88. The fourth-order valence-electron chi connectivity index (χ4n) is 4.21. The van der Waals surface area contributed by atoms with Crippen LogP contribution in [0.3, 0.4) is 0 Å². The van der Waals surface area contributed by atoms with Crippen molar-refractivity contribution < 1.29 is 14.3 Å². The van der Waals surface area contributed by atoms with Crippen molar-refractivity contribution in [1.82, 2.24) is 19.8 Å². The van der Waals surface area contributed by atoms with Gasteiger partial charge in [-0.15, -0.1) is 0 Å². The molecule has 0 aliphatic carbocycles. The van der Waals surface area contributed by atoms with Gasteiger partial charge in [0.25, 0.3) is 5.91 Å². The molecule has 2 aromatic rings. The molecule has 3 heterocycles. The quantitative estimate of drug-likeness (QED) is 0.680. The molecule has 0 spiro atoms. The summed E-state index contributed by atoms with van der Waals surface area (Å²) in [5.41, 5.74) is 1.23. The van der Waals surface area contributed by atoms with Gasteiger partial charge in [0.1, 0.15) is 5.75 Å². The van der Waals surface area contributed by atoms with Crippen LogP contribution >= 0.6 is 11.6 Å². The lowest BCUT2D eigenvalue weighted by Crippen LogP contribution is -2.33. The van der Waals surface area contributed by atoms with Crippen molar-refractivity contribution in [2.24, 2.45) is 0 Å². The Kier molecular flexibility index (Phi) is 6.70. The molecule has 2 fully saturated rings. The van der Waals surface area contributed by atoms with Gasteiger partial charge in [0.15, 0.2) is 5.82 Å². The highest BCUT2D eigenvalue weighted by Crippen LogP contribution is 2.31. The zero-order chi connectivity index (χ0) is 21.8. The highest BCUT2D eigenvalue weighted by Gasteiger charge is 2.32. The van der Waals surface area contributed by atoms with E-state index in [0.717, 1.165) is 38.8 Å². The lowest BCUT2D eigenvalue weighted by atomic mass is 10.1. The second-order valence-corrected chi connectivity index (χ2v) is 8.46. The van der Waals surface area contributed by atoms with Gasteiger partial charge in [0.2, 0.25) is 5.91 Å². The molecule has 2 aliphatic rings. The standard InChI is InChI=1S/C23H27ClN4O3/c1-16-19(23(30)27-11-2-3-12-27)15-25-22(26-16)20-5-4-13-28(20)21(29)10-14-31-18-8-6-17(24)7-9-18/h6-9,15,20H,2-5,10-14H2,1H3/t20-/m1/s1. The van der Waals surface area contributed by atoms with Crippen LogP contribution in [0.2, 0.25) is 5.02 Å². The van der Waals surface area contributed by atoms with Gasteiger partial charge in [-0.2, -0.15) is 0 Å². The topological polar surface area (TPSA) is 75.6 Å². The summed E-state index contributed by atoms with van der Waals surface area (Å²) in [6.07, 6.45) is 5.73. The Morgan fingerprint density at radius 3 is 2.58 bits per heavy atom. The van der Waals surface area contributed by atoms with Gasteiger partial charge in [-0.3, -0.25) is 9.59 Å². The van der Waals surface area contributed by atoms with Crippen LogP contribution < -0.4 is 4.74 Å². The Bertz CT molecular complexity index is 944. The Morgan fingerprint density at radius 1 is 1.13 bits per heavy atom.